The average molecular weight is 466 g/mol. The molecule has 9 heteroatoms. The van der Waals surface area contributed by atoms with Gasteiger partial charge in [0.25, 0.3) is 0 Å². The fraction of sp³-hybridized carbons (Fsp3) is 0.600. The number of hydrogen-bond donors (Lipinski definition) is 1. The van der Waals surface area contributed by atoms with Crippen molar-refractivity contribution in [3.05, 3.63) is 39.7 Å². The van der Waals surface area contributed by atoms with Crippen molar-refractivity contribution < 1.29 is 14.6 Å². The number of nitrogens with zero attached hydrogens (tertiary/aromatic N) is 5. The highest BCUT2D eigenvalue weighted by Crippen LogP contribution is 2.49. The number of nitriles is 1. The van der Waals surface area contributed by atoms with Crippen LogP contribution in [-0.2, 0) is 4.74 Å². The Bertz CT molecular complexity index is 1240. The molecule has 1 N–H and O–H groups in total. The Morgan fingerprint density at radius 2 is 2.09 bits per heavy atom. The van der Waals surface area contributed by atoms with Crippen molar-refractivity contribution in [2.75, 3.05) is 6.54 Å². The number of aromatic hydroxyl groups is 1. The fourth-order valence-electron chi connectivity index (χ4n) is 6.13. The van der Waals surface area contributed by atoms with Crippen LogP contribution in [0.5, 0.6) is 5.88 Å². The summed E-state index contributed by atoms with van der Waals surface area (Å²) in [5.41, 5.74) is 1.36. The molecule has 4 heterocycles. The fourth-order valence-corrected chi connectivity index (χ4v) is 6.13. The van der Waals surface area contributed by atoms with Gasteiger partial charge in [0.2, 0.25) is 5.88 Å². The van der Waals surface area contributed by atoms with Crippen LogP contribution < -0.4 is 5.69 Å². The van der Waals surface area contributed by atoms with Gasteiger partial charge in [-0.3, -0.25) is 9.47 Å². The summed E-state index contributed by atoms with van der Waals surface area (Å²) < 4.78 is 8.87. The van der Waals surface area contributed by atoms with Crippen molar-refractivity contribution in [2.24, 2.45) is 17.8 Å². The first kappa shape index (κ1) is 22.5. The van der Waals surface area contributed by atoms with Crippen molar-refractivity contribution in [1.29, 1.82) is 5.26 Å². The van der Waals surface area contributed by atoms with Crippen molar-refractivity contribution in [3.63, 3.8) is 0 Å². The standard InChI is InChI=1S/C25H31N5O4/c1-13(2)18-6-5-14(3)7-21(18)34-25(33)28-12-17-9-20(28)22-23(31)30(24(32)29(17)22)16-8-15(4)19(10-26)27-11-16/h8,11,13-14,17-18,20-21,31H,5-7,9,12H2,1-4H3/t14?,17-,18+,20+,21-/m1/s1. The number of likely N-dealkylation sites (tertiary alicyclic amines) is 1. The molecule has 0 aromatic carbocycles. The van der Waals surface area contributed by atoms with Gasteiger partial charge in [0.1, 0.15) is 23.6 Å². The van der Waals surface area contributed by atoms with Crippen LogP contribution in [-0.4, -0.2) is 42.9 Å². The molecular formula is C25H31N5O4. The molecule has 2 aromatic heterocycles. The molecule has 5 atom stereocenters. The van der Waals surface area contributed by atoms with E-state index in [2.05, 4.69) is 25.8 Å². The van der Waals surface area contributed by atoms with Crippen molar-refractivity contribution in [3.8, 4) is 17.6 Å². The lowest BCUT2D eigenvalue weighted by Crippen LogP contribution is -2.42. The van der Waals surface area contributed by atoms with E-state index in [0.29, 0.717) is 47.7 Å². The van der Waals surface area contributed by atoms with Crippen molar-refractivity contribution in [1.82, 2.24) is 19.0 Å². The number of aromatic nitrogens is 3. The minimum absolute atomic E-state index is 0.108. The molecule has 180 valence electrons. The number of aryl methyl sites for hydroxylation is 1. The van der Waals surface area contributed by atoms with Crippen LogP contribution in [0.1, 0.15) is 75.5 Å². The third kappa shape index (κ3) is 3.39. The number of pyridine rings is 1. The lowest BCUT2D eigenvalue weighted by atomic mass is 9.75. The largest absolute Gasteiger partial charge is 0.493 e. The smallest absolute Gasteiger partial charge is 0.410 e. The summed E-state index contributed by atoms with van der Waals surface area (Å²) in [5.74, 6) is 1.12. The van der Waals surface area contributed by atoms with E-state index in [-0.39, 0.29) is 35.5 Å². The summed E-state index contributed by atoms with van der Waals surface area (Å²) in [6.07, 6.45) is 4.61. The van der Waals surface area contributed by atoms with Gasteiger partial charge in [-0.25, -0.2) is 19.1 Å². The third-order valence-corrected chi connectivity index (χ3v) is 7.93. The summed E-state index contributed by atoms with van der Waals surface area (Å²) in [6.45, 7) is 8.68. The topological polar surface area (TPSA) is 113 Å². The van der Waals surface area contributed by atoms with E-state index in [0.717, 1.165) is 19.3 Å². The SMILES string of the molecule is Cc1cc(-n2c(O)c3n(c2=O)[C@@H]2C[C@@H]3N(C(=O)O[C@@H]3CC(C)CC[C@H]3C(C)C)C2)cnc1C#N. The zero-order valence-corrected chi connectivity index (χ0v) is 20.1. The Labute approximate surface area is 198 Å². The highest BCUT2D eigenvalue weighted by molar-refractivity contribution is 5.70. The van der Waals surface area contributed by atoms with Crippen LogP contribution in [0.4, 0.5) is 4.79 Å². The minimum atomic E-state index is -0.405. The number of imidazole rings is 1. The van der Waals surface area contributed by atoms with E-state index >= 15 is 0 Å². The number of fused-ring (bicyclic) bond motifs is 5. The van der Waals surface area contributed by atoms with Gasteiger partial charge in [0.05, 0.1) is 24.0 Å². The second-order valence-electron chi connectivity index (χ2n) is 10.5. The van der Waals surface area contributed by atoms with Gasteiger partial charge in [-0.2, -0.15) is 5.26 Å². The first-order valence-electron chi connectivity index (χ1n) is 12.1. The molecule has 2 bridgehead atoms. The first-order chi connectivity index (χ1) is 16.2. The molecule has 34 heavy (non-hydrogen) atoms. The number of rotatable bonds is 3. The normalized spacial score (nSPS) is 27.6. The molecule has 1 saturated carbocycles. The van der Waals surface area contributed by atoms with Gasteiger partial charge in [0, 0.05) is 6.54 Å². The van der Waals surface area contributed by atoms with Crippen LogP contribution in [0, 0.1) is 36.0 Å². The molecule has 5 rings (SSSR count). The van der Waals surface area contributed by atoms with Gasteiger partial charge in [-0.05, 0) is 55.6 Å². The Kier molecular flexibility index (Phi) is 5.42. The Hall–Kier alpha value is -3.28. The number of carbonyl (C=O) groups is 1. The third-order valence-electron chi connectivity index (χ3n) is 7.93. The van der Waals surface area contributed by atoms with Gasteiger partial charge in [-0.15, -0.1) is 0 Å². The monoisotopic (exact) mass is 465 g/mol. The van der Waals surface area contributed by atoms with Crippen LogP contribution in [0.25, 0.3) is 5.69 Å². The highest BCUT2D eigenvalue weighted by atomic mass is 16.6. The van der Waals surface area contributed by atoms with Gasteiger partial charge < -0.3 is 9.84 Å². The summed E-state index contributed by atoms with van der Waals surface area (Å²) in [4.78, 5) is 32.3. The molecule has 1 saturated heterocycles. The van der Waals surface area contributed by atoms with Crippen molar-refractivity contribution >= 4 is 6.09 Å². The molecule has 1 amide bonds. The second-order valence-corrected chi connectivity index (χ2v) is 10.5. The zero-order chi connectivity index (χ0) is 24.3. The first-order valence-corrected chi connectivity index (χ1v) is 12.1. The lowest BCUT2D eigenvalue weighted by molar-refractivity contribution is -0.0133. The molecule has 2 aliphatic heterocycles. The maximum Gasteiger partial charge on any atom is 0.410 e. The molecular weight excluding hydrogens is 434 g/mol. The van der Waals surface area contributed by atoms with E-state index in [1.165, 1.54) is 10.8 Å². The zero-order valence-electron chi connectivity index (χ0n) is 20.1. The van der Waals surface area contributed by atoms with E-state index in [1.54, 1.807) is 22.5 Å². The predicted molar refractivity (Wildman–Crippen MR) is 124 cm³/mol. The number of amides is 1. The maximum atomic E-state index is 13.3. The molecule has 9 nitrogen and oxygen atoms in total. The van der Waals surface area contributed by atoms with Crippen molar-refractivity contribution in [2.45, 2.75) is 71.6 Å². The number of carbonyl (C=O) groups excluding carboxylic acids is 1. The summed E-state index contributed by atoms with van der Waals surface area (Å²) >= 11 is 0. The average Bonchev–Trinajstić information content (AvgIpc) is 3.45. The Morgan fingerprint density at radius 1 is 1.32 bits per heavy atom. The molecule has 2 aromatic rings. The number of hydrogen-bond acceptors (Lipinski definition) is 6. The Morgan fingerprint density at radius 3 is 2.76 bits per heavy atom. The molecule has 1 aliphatic carbocycles. The molecule has 3 aliphatic rings. The summed E-state index contributed by atoms with van der Waals surface area (Å²) in [5, 5.41) is 20.2. The van der Waals surface area contributed by atoms with Gasteiger partial charge in [0.15, 0.2) is 0 Å². The summed E-state index contributed by atoms with van der Waals surface area (Å²) in [7, 11) is 0. The van der Waals surface area contributed by atoms with Crippen LogP contribution in [0.3, 0.4) is 0 Å². The number of ether oxygens (including phenoxy) is 1. The van der Waals surface area contributed by atoms with Gasteiger partial charge in [-0.1, -0.05) is 27.2 Å². The second kappa shape index (κ2) is 8.19. The predicted octanol–water partition coefficient (Wildman–Crippen LogP) is 3.82. The minimum Gasteiger partial charge on any atom is -0.493 e. The van der Waals surface area contributed by atoms with E-state index in [9.17, 15) is 14.7 Å². The Balaban J connectivity index is 1.42. The molecule has 2 fully saturated rings. The molecule has 0 spiro atoms. The van der Waals surface area contributed by atoms with Crippen LogP contribution in [0.15, 0.2) is 17.1 Å². The highest BCUT2D eigenvalue weighted by Gasteiger charge is 2.50. The summed E-state index contributed by atoms with van der Waals surface area (Å²) in [6, 6.07) is 3.06. The van der Waals surface area contributed by atoms with E-state index in [4.69, 9.17) is 10.00 Å². The van der Waals surface area contributed by atoms with Crippen LogP contribution >= 0.6 is 0 Å². The van der Waals surface area contributed by atoms with Gasteiger partial charge >= 0.3 is 11.8 Å². The lowest BCUT2D eigenvalue weighted by Gasteiger charge is -2.38. The van der Waals surface area contributed by atoms with E-state index in [1.807, 2.05) is 6.07 Å². The van der Waals surface area contributed by atoms with E-state index < -0.39 is 6.04 Å². The quantitative estimate of drug-likeness (QED) is 0.737. The molecule has 0 radical (unpaired) electrons. The molecule has 1 unspecified atom stereocenters. The maximum absolute atomic E-state index is 13.3. The van der Waals surface area contributed by atoms with Crippen LogP contribution in [0.2, 0.25) is 0 Å².